The Labute approximate surface area is 132 Å². The van der Waals surface area contributed by atoms with Crippen LogP contribution in [-0.4, -0.2) is 5.97 Å². The summed E-state index contributed by atoms with van der Waals surface area (Å²) in [5.74, 6) is -0.137. The quantitative estimate of drug-likeness (QED) is 0.768. The van der Waals surface area contributed by atoms with Gasteiger partial charge in [-0.1, -0.05) is 73.5 Å². The first kappa shape index (κ1) is 14.8. The summed E-state index contributed by atoms with van der Waals surface area (Å²) in [6.45, 7) is 8.19. The Morgan fingerprint density at radius 3 is 1.55 bits per heavy atom. The molecule has 0 N–H and O–H groups in total. The molecule has 0 saturated carbocycles. The van der Waals surface area contributed by atoms with E-state index in [0.29, 0.717) is 0 Å². The smallest absolute Gasteiger partial charge is 0.310 e. The topological polar surface area (TPSA) is 26.3 Å². The number of esters is 1. The Kier molecular flexibility index (Phi) is 3.56. The van der Waals surface area contributed by atoms with Gasteiger partial charge in [0, 0.05) is 17.0 Å². The van der Waals surface area contributed by atoms with E-state index in [0.717, 1.165) is 11.1 Å². The van der Waals surface area contributed by atoms with Crippen LogP contribution in [0.4, 0.5) is 0 Å². The number of hydrogen-bond donors (Lipinski definition) is 0. The number of hydrogen-bond acceptors (Lipinski definition) is 2. The van der Waals surface area contributed by atoms with E-state index >= 15 is 0 Å². The minimum absolute atomic E-state index is 0.0883. The summed E-state index contributed by atoms with van der Waals surface area (Å²) in [4.78, 5) is 12.3. The van der Waals surface area contributed by atoms with E-state index in [1.54, 1.807) is 0 Å². The molecule has 2 nitrogen and oxygen atoms in total. The minimum Gasteiger partial charge on any atom is -0.449 e. The SMILES string of the molecule is Cc1ccc(C2(c3ccc(C)cc3)OC(=O)C(C)C2C)cc1. The van der Waals surface area contributed by atoms with Gasteiger partial charge < -0.3 is 4.74 Å². The molecule has 0 aliphatic carbocycles. The molecule has 0 bridgehead atoms. The summed E-state index contributed by atoms with van der Waals surface area (Å²) in [6, 6.07) is 16.6. The van der Waals surface area contributed by atoms with E-state index in [2.05, 4.69) is 69.3 Å². The molecule has 114 valence electrons. The highest BCUT2D eigenvalue weighted by atomic mass is 16.6. The molecule has 2 aromatic rings. The largest absolute Gasteiger partial charge is 0.449 e. The Bertz CT molecular complexity index is 637. The standard InChI is InChI=1S/C20H22O2/c1-13-5-9-17(10-6-13)20(16(4)15(3)19(21)22-20)18-11-7-14(2)8-12-18/h5-12,15-16H,1-4H3. The van der Waals surface area contributed by atoms with E-state index < -0.39 is 5.60 Å². The second-order valence-electron chi connectivity index (χ2n) is 6.47. The van der Waals surface area contributed by atoms with Crippen LogP contribution in [0.25, 0.3) is 0 Å². The van der Waals surface area contributed by atoms with E-state index in [1.165, 1.54) is 11.1 Å². The Balaban J connectivity index is 2.21. The summed E-state index contributed by atoms with van der Waals surface area (Å²) in [7, 11) is 0. The fourth-order valence-corrected chi connectivity index (χ4v) is 3.31. The van der Waals surface area contributed by atoms with Crippen LogP contribution >= 0.6 is 0 Å². The first-order valence-corrected chi connectivity index (χ1v) is 7.82. The number of carbonyl (C=O) groups excluding carboxylic acids is 1. The van der Waals surface area contributed by atoms with Gasteiger partial charge in [0.25, 0.3) is 0 Å². The third-order valence-electron chi connectivity index (χ3n) is 4.99. The summed E-state index contributed by atoms with van der Waals surface area (Å²) < 4.78 is 5.99. The maximum absolute atomic E-state index is 12.3. The number of benzene rings is 2. The monoisotopic (exact) mass is 294 g/mol. The highest BCUT2D eigenvalue weighted by Crippen LogP contribution is 2.49. The van der Waals surface area contributed by atoms with Crippen molar-refractivity contribution in [3.63, 3.8) is 0 Å². The molecule has 0 aromatic heterocycles. The van der Waals surface area contributed by atoms with Crippen molar-refractivity contribution in [3.05, 3.63) is 70.8 Å². The molecule has 2 aromatic carbocycles. The minimum atomic E-state index is -0.683. The van der Waals surface area contributed by atoms with Crippen LogP contribution in [0.3, 0.4) is 0 Å². The van der Waals surface area contributed by atoms with Crippen LogP contribution < -0.4 is 0 Å². The summed E-state index contributed by atoms with van der Waals surface area (Å²) in [6.07, 6.45) is 0. The van der Waals surface area contributed by atoms with Gasteiger partial charge in [0.15, 0.2) is 5.60 Å². The zero-order valence-corrected chi connectivity index (χ0v) is 13.6. The van der Waals surface area contributed by atoms with Crippen LogP contribution in [-0.2, 0) is 15.1 Å². The molecule has 0 spiro atoms. The predicted molar refractivity (Wildman–Crippen MR) is 87.6 cm³/mol. The fraction of sp³-hybridized carbons (Fsp3) is 0.350. The molecular formula is C20H22O2. The van der Waals surface area contributed by atoms with Crippen LogP contribution in [0.5, 0.6) is 0 Å². The highest BCUT2D eigenvalue weighted by molar-refractivity contribution is 5.77. The summed E-state index contributed by atoms with van der Waals surface area (Å²) in [5.41, 5.74) is 3.82. The molecule has 3 rings (SSSR count). The molecule has 1 aliphatic rings. The molecular weight excluding hydrogens is 272 g/mol. The van der Waals surface area contributed by atoms with Gasteiger partial charge in [0.2, 0.25) is 0 Å². The van der Waals surface area contributed by atoms with Crippen molar-refractivity contribution in [1.29, 1.82) is 0 Å². The Morgan fingerprint density at radius 1 is 0.818 bits per heavy atom. The van der Waals surface area contributed by atoms with E-state index in [9.17, 15) is 4.79 Å². The van der Waals surface area contributed by atoms with Crippen molar-refractivity contribution in [3.8, 4) is 0 Å². The first-order valence-electron chi connectivity index (χ1n) is 7.82. The number of ether oxygens (including phenoxy) is 1. The van der Waals surface area contributed by atoms with Gasteiger partial charge in [-0.05, 0) is 13.8 Å². The normalized spacial score (nSPS) is 23.4. The van der Waals surface area contributed by atoms with Gasteiger partial charge in [0.05, 0.1) is 5.92 Å². The lowest BCUT2D eigenvalue weighted by atomic mass is 9.74. The van der Waals surface area contributed by atoms with Gasteiger partial charge in [-0.15, -0.1) is 0 Å². The van der Waals surface area contributed by atoms with Gasteiger partial charge in [-0.3, -0.25) is 4.79 Å². The lowest BCUT2D eigenvalue weighted by Crippen LogP contribution is -2.33. The van der Waals surface area contributed by atoms with Crippen molar-refractivity contribution in [2.75, 3.05) is 0 Å². The van der Waals surface area contributed by atoms with Gasteiger partial charge in [-0.25, -0.2) is 0 Å². The number of rotatable bonds is 2. The van der Waals surface area contributed by atoms with Crippen LogP contribution in [0.15, 0.2) is 48.5 Å². The number of cyclic esters (lactones) is 1. The summed E-state index contributed by atoms with van der Waals surface area (Å²) in [5, 5.41) is 0. The molecule has 2 atom stereocenters. The van der Waals surface area contributed by atoms with Gasteiger partial charge in [-0.2, -0.15) is 0 Å². The Morgan fingerprint density at radius 2 is 1.23 bits per heavy atom. The maximum atomic E-state index is 12.3. The second kappa shape index (κ2) is 5.28. The van der Waals surface area contributed by atoms with Crippen LogP contribution in [0.1, 0.15) is 36.1 Å². The van der Waals surface area contributed by atoms with Crippen LogP contribution in [0.2, 0.25) is 0 Å². The molecule has 2 heteroatoms. The zero-order valence-electron chi connectivity index (χ0n) is 13.6. The van der Waals surface area contributed by atoms with E-state index in [4.69, 9.17) is 4.74 Å². The average molecular weight is 294 g/mol. The van der Waals surface area contributed by atoms with Gasteiger partial charge in [0.1, 0.15) is 0 Å². The lowest BCUT2D eigenvalue weighted by Gasteiger charge is -2.33. The molecule has 1 fully saturated rings. The molecule has 1 saturated heterocycles. The molecule has 1 aliphatic heterocycles. The van der Waals surface area contributed by atoms with Crippen molar-refractivity contribution in [2.24, 2.45) is 11.8 Å². The average Bonchev–Trinajstić information content (AvgIpc) is 2.74. The van der Waals surface area contributed by atoms with Crippen molar-refractivity contribution in [2.45, 2.75) is 33.3 Å². The zero-order chi connectivity index (χ0) is 15.9. The molecule has 1 heterocycles. The number of carbonyl (C=O) groups is 1. The molecule has 22 heavy (non-hydrogen) atoms. The second-order valence-corrected chi connectivity index (χ2v) is 6.47. The van der Waals surface area contributed by atoms with Gasteiger partial charge >= 0.3 is 5.97 Å². The van der Waals surface area contributed by atoms with Crippen molar-refractivity contribution >= 4 is 5.97 Å². The molecule has 0 amide bonds. The van der Waals surface area contributed by atoms with Crippen LogP contribution in [0, 0.1) is 25.7 Å². The Hall–Kier alpha value is -2.09. The van der Waals surface area contributed by atoms with E-state index in [-0.39, 0.29) is 17.8 Å². The third-order valence-corrected chi connectivity index (χ3v) is 4.99. The number of aryl methyl sites for hydroxylation is 2. The maximum Gasteiger partial charge on any atom is 0.310 e. The lowest BCUT2D eigenvalue weighted by molar-refractivity contribution is -0.148. The van der Waals surface area contributed by atoms with E-state index in [1.807, 2.05) is 6.92 Å². The molecule has 2 unspecified atom stereocenters. The summed E-state index contributed by atoms with van der Waals surface area (Å²) >= 11 is 0. The third kappa shape index (κ3) is 2.14. The predicted octanol–water partition coefficient (Wildman–Crippen LogP) is 4.38. The fourth-order valence-electron chi connectivity index (χ4n) is 3.31. The molecule has 0 radical (unpaired) electrons. The van der Waals surface area contributed by atoms with Crippen molar-refractivity contribution < 1.29 is 9.53 Å². The highest BCUT2D eigenvalue weighted by Gasteiger charge is 2.53. The van der Waals surface area contributed by atoms with Crippen molar-refractivity contribution in [1.82, 2.24) is 0 Å². The first-order chi connectivity index (χ1) is 10.4.